The van der Waals surface area contributed by atoms with Gasteiger partial charge in [0.2, 0.25) is 0 Å². The summed E-state index contributed by atoms with van der Waals surface area (Å²) in [6, 6.07) is 8.05. The summed E-state index contributed by atoms with van der Waals surface area (Å²) in [4.78, 5) is 16.4. The highest BCUT2D eigenvalue weighted by Gasteiger charge is 2.13. The highest BCUT2D eigenvalue weighted by molar-refractivity contribution is 7.09. The van der Waals surface area contributed by atoms with Gasteiger partial charge in [-0.2, -0.15) is 0 Å². The van der Waals surface area contributed by atoms with Crippen LogP contribution in [0.5, 0.6) is 5.75 Å². The summed E-state index contributed by atoms with van der Waals surface area (Å²) >= 11 is 1.44. The van der Waals surface area contributed by atoms with Gasteiger partial charge in [-0.05, 0) is 32.4 Å². The molecule has 1 heterocycles. The van der Waals surface area contributed by atoms with Crippen LogP contribution in [0, 0.1) is 6.92 Å². The third kappa shape index (κ3) is 4.84. The van der Waals surface area contributed by atoms with Crippen molar-refractivity contribution < 1.29 is 9.53 Å². The fourth-order valence-corrected chi connectivity index (χ4v) is 2.75. The van der Waals surface area contributed by atoms with Crippen molar-refractivity contribution in [2.75, 3.05) is 0 Å². The minimum atomic E-state index is -0.112. The van der Waals surface area contributed by atoms with Gasteiger partial charge in [0.1, 0.15) is 23.1 Å². The Morgan fingerprint density at radius 3 is 2.77 bits per heavy atom. The van der Waals surface area contributed by atoms with Crippen LogP contribution in [0.1, 0.15) is 47.7 Å². The molecule has 0 saturated heterocycles. The second-order valence-corrected chi connectivity index (χ2v) is 6.33. The molecule has 0 spiro atoms. The van der Waals surface area contributed by atoms with Crippen molar-refractivity contribution >= 4 is 17.2 Å². The third-order valence-corrected chi connectivity index (χ3v) is 4.09. The maximum absolute atomic E-state index is 12.0. The van der Waals surface area contributed by atoms with Crippen molar-refractivity contribution in [2.24, 2.45) is 0 Å². The topological polar surface area (TPSA) is 51.2 Å². The molecule has 22 heavy (non-hydrogen) atoms. The molecule has 0 aliphatic heterocycles. The van der Waals surface area contributed by atoms with E-state index in [1.165, 1.54) is 16.9 Å². The summed E-state index contributed by atoms with van der Waals surface area (Å²) in [5.41, 5.74) is 1.66. The minimum absolute atomic E-state index is 0.112. The number of amides is 1. The summed E-state index contributed by atoms with van der Waals surface area (Å²) in [5.74, 6) is 0.696. The van der Waals surface area contributed by atoms with Crippen LogP contribution in [0.3, 0.4) is 0 Å². The van der Waals surface area contributed by atoms with Crippen molar-refractivity contribution in [1.29, 1.82) is 0 Å². The first-order valence-electron chi connectivity index (χ1n) is 7.53. The predicted octanol–water partition coefficient (Wildman–Crippen LogP) is 3.95. The first-order chi connectivity index (χ1) is 10.6. The van der Waals surface area contributed by atoms with Crippen LogP contribution >= 0.6 is 11.3 Å². The molecule has 1 atom stereocenters. The van der Waals surface area contributed by atoms with Gasteiger partial charge in [0.25, 0.3) is 5.91 Å². The van der Waals surface area contributed by atoms with E-state index in [1.54, 1.807) is 5.38 Å². The molecule has 2 rings (SSSR count). The molecular formula is C17H22N2O2S. The average Bonchev–Trinajstić information content (AvgIpc) is 2.96. The van der Waals surface area contributed by atoms with Crippen LogP contribution in [0.2, 0.25) is 0 Å². The van der Waals surface area contributed by atoms with E-state index < -0.39 is 0 Å². The number of nitrogens with one attached hydrogen (secondary N) is 1. The summed E-state index contributed by atoms with van der Waals surface area (Å²) < 4.78 is 5.68. The Morgan fingerprint density at radius 2 is 2.09 bits per heavy atom. The van der Waals surface area contributed by atoms with Crippen molar-refractivity contribution in [3.8, 4) is 5.75 Å². The zero-order valence-corrected chi connectivity index (χ0v) is 14.1. The van der Waals surface area contributed by atoms with Crippen LogP contribution in [0.4, 0.5) is 0 Å². The van der Waals surface area contributed by atoms with Gasteiger partial charge in [0.05, 0.1) is 0 Å². The Hall–Kier alpha value is -1.88. The molecule has 2 aromatic rings. The van der Waals surface area contributed by atoms with Gasteiger partial charge >= 0.3 is 0 Å². The van der Waals surface area contributed by atoms with Gasteiger partial charge in [0, 0.05) is 11.4 Å². The Morgan fingerprint density at radius 1 is 1.36 bits per heavy atom. The lowest BCUT2D eigenvalue weighted by molar-refractivity contribution is 0.0933. The SMILES string of the molecule is CCC[C@@H](C)NC(=O)c1csc(COc2ccc(C)cc2)n1. The van der Waals surface area contributed by atoms with Crippen LogP contribution in [-0.2, 0) is 6.61 Å². The molecule has 1 N–H and O–H groups in total. The van der Waals surface area contributed by atoms with E-state index in [4.69, 9.17) is 4.74 Å². The number of hydrogen-bond donors (Lipinski definition) is 1. The van der Waals surface area contributed by atoms with Crippen LogP contribution < -0.4 is 10.1 Å². The second kappa shape index (κ2) is 7.94. The van der Waals surface area contributed by atoms with Crippen molar-refractivity contribution in [3.05, 3.63) is 45.9 Å². The predicted molar refractivity (Wildman–Crippen MR) is 89.5 cm³/mol. The molecule has 1 aromatic heterocycles. The van der Waals surface area contributed by atoms with E-state index in [1.807, 2.05) is 38.1 Å². The maximum atomic E-state index is 12.0. The van der Waals surface area contributed by atoms with Crippen molar-refractivity contribution in [2.45, 2.75) is 46.3 Å². The lowest BCUT2D eigenvalue weighted by Crippen LogP contribution is -2.32. The number of carbonyl (C=O) groups excluding carboxylic acids is 1. The number of aromatic nitrogens is 1. The smallest absolute Gasteiger partial charge is 0.270 e. The van der Waals surface area contributed by atoms with Gasteiger partial charge in [0.15, 0.2) is 0 Å². The molecular weight excluding hydrogens is 296 g/mol. The van der Waals surface area contributed by atoms with Crippen molar-refractivity contribution in [1.82, 2.24) is 10.3 Å². The van der Waals surface area contributed by atoms with Gasteiger partial charge in [-0.1, -0.05) is 31.0 Å². The Balaban J connectivity index is 1.88. The second-order valence-electron chi connectivity index (χ2n) is 5.39. The number of hydrogen-bond acceptors (Lipinski definition) is 4. The number of ether oxygens (including phenoxy) is 1. The minimum Gasteiger partial charge on any atom is -0.486 e. The fourth-order valence-electron chi connectivity index (χ4n) is 2.06. The highest BCUT2D eigenvalue weighted by Crippen LogP contribution is 2.16. The first kappa shape index (κ1) is 16.5. The molecule has 0 saturated carbocycles. The molecule has 118 valence electrons. The third-order valence-electron chi connectivity index (χ3n) is 3.27. The monoisotopic (exact) mass is 318 g/mol. The van der Waals surface area contributed by atoms with Crippen LogP contribution in [-0.4, -0.2) is 16.9 Å². The van der Waals surface area contributed by atoms with Crippen LogP contribution in [0.25, 0.3) is 0 Å². The lowest BCUT2D eigenvalue weighted by Gasteiger charge is -2.11. The molecule has 0 bridgehead atoms. The fraction of sp³-hybridized carbons (Fsp3) is 0.412. The largest absolute Gasteiger partial charge is 0.486 e. The van der Waals surface area contributed by atoms with E-state index in [0.717, 1.165) is 23.6 Å². The zero-order valence-electron chi connectivity index (χ0n) is 13.3. The first-order valence-corrected chi connectivity index (χ1v) is 8.41. The zero-order chi connectivity index (χ0) is 15.9. The molecule has 5 heteroatoms. The highest BCUT2D eigenvalue weighted by atomic mass is 32.1. The van der Waals surface area contributed by atoms with E-state index in [2.05, 4.69) is 17.2 Å². The molecule has 4 nitrogen and oxygen atoms in total. The summed E-state index contributed by atoms with van der Waals surface area (Å²) in [6.45, 7) is 6.53. The Bertz CT molecular complexity index is 607. The molecule has 0 radical (unpaired) electrons. The van der Waals surface area contributed by atoms with Gasteiger partial charge < -0.3 is 10.1 Å². The van der Waals surface area contributed by atoms with Gasteiger partial charge in [-0.3, -0.25) is 4.79 Å². The van der Waals surface area contributed by atoms with E-state index >= 15 is 0 Å². The standard InChI is InChI=1S/C17H22N2O2S/c1-4-5-13(3)18-17(20)15-11-22-16(19-15)10-21-14-8-6-12(2)7-9-14/h6-9,11,13H,4-5,10H2,1-3H3,(H,18,20)/t13-/m1/s1. The van der Waals surface area contributed by atoms with Crippen LogP contribution in [0.15, 0.2) is 29.6 Å². The van der Waals surface area contributed by atoms with E-state index in [9.17, 15) is 4.79 Å². The van der Waals surface area contributed by atoms with E-state index in [0.29, 0.717) is 12.3 Å². The number of thiazole rings is 1. The Kier molecular flexibility index (Phi) is 5.95. The maximum Gasteiger partial charge on any atom is 0.270 e. The number of carbonyl (C=O) groups is 1. The van der Waals surface area contributed by atoms with Gasteiger partial charge in [-0.15, -0.1) is 11.3 Å². The number of nitrogens with zero attached hydrogens (tertiary/aromatic N) is 1. The number of benzene rings is 1. The quantitative estimate of drug-likeness (QED) is 0.841. The molecule has 0 unspecified atom stereocenters. The summed E-state index contributed by atoms with van der Waals surface area (Å²) in [7, 11) is 0. The Labute approximate surface area is 135 Å². The van der Waals surface area contributed by atoms with Gasteiger partial charge in [-0.25, -0.2) is 4.98 Å². The average molecular weight is 318 g/mol. The number of aryl methyl sites for hydroxylation is 1. The number of rotatable bonds is 7. The normalized spacial score (nSPS) is 12.0. The molecule has 0 aliphatic carbocycles. The summed E-state index contributed by atoms with van der Waals surface area (Å²) in [5, 5.41) is 5.53. The molecule has 1 amide bonds. The van der Waals surface area contributed by atoms with Crippen molar-refractivity contribution in [3.63, 3.8) is 0 Å². The molecule has 0 aliphatic rings. The summed E-state index contributed by atoms with van der Waals surface area (Å²) in [6.07, 6.45) is 2.02. The molecule has 1 aromatic carbocycles. The molecule has 0 fully saturated rings. The van der Waals surface area contributed by atoms with E-state index in [-0.39, 0.29) is 11.9 Å². The lowest BCUT2D eigenvalue weighted by atomic mass is 10.2.